The van der Waals surface area contributed by atoms with Gasteiger partial charge < -0.3 is 29.4 Å². The molecule has 0 unspecified atom stereocenters. The van der Waals surface area contributed by atoms with Gasteiger partial charge in [0.25, 0.3) is 0 Å². The molecule has 2 N–H and O–H groups in total. The summed E-state index contributed by atoms with van der Waals surface area (Å²) in [6.45, 7) is 2.20. The van der Waals surface area contributed by atoms with Crippen LogP contribution in [0.4, 0.5) is 5.00 Å². The Kier molecular flexibility index (Phi) is 10.4. The smallest absolute Gasteiger partial charge is 0.341 e. The predicted molar refractivity (Wildman–Crippen MR) is 158 cm³/mol. The highest BCUT2D eigenvalue weighted by molar-refractivity contribution is 7.99. The minimum absolute atomic E-state index is 0.0806. The van der Waals surface area contributed by atoms with Crippen molar-refractivity contribution in [1.29, 1.82) is 0 Å². The molecule has 0 bridgehead atoms. The Morgan fingerprint density at radius 2 is 1.90 bits per heavy atom. The van der Waals surface area contributed by atoms with Gasteiger partial charge in [0.1, 0.15) is 5.00 Å². The zero-order valence-electron chi connectivity index (χ0n) is 23.4. The first-order chi connectivity index (χ1) is 19.8. The number of nitrogens with zero attached hydrogens (tertiary/aromatic N) is 3. The van der Waals surface area contributed by atoms with Crippen molar-refractivity contribution in [2.24, 2.45) is 7.05 Å². The van der Waals surface area contributed by atoms with Crippen molar-refractivity contribution >= 4 is 52.0 Å². The Hall–Kier alpha value is -3.84. The molecule has 1 aliphatic rings. The number of amides is 2. The van der Waals surface area contributed by atoms with E-state index in [0.717, 1.165) is 41.7 Å². The van der Waals surface area contributed by atoms with Crippen LogP contribution in [0.25, 0.3) is 6.08 Å². The molecule has 3 aromatic rings. The lowest BCUT2D eigenvalue weighted by Gasteiger charge is -2.12. The first-order valence-electron chi connectivity index (χ1n) is 13.1. The molecule has 2 heterocycles. The number of ether oxygens (including phenoxy) is 3. The molecule has 0 radical (unpaired) electrons. The second kappa shape index (κ2) is 14.2. The number of benzene rings is 1. The van der Waals surface area contributed by atoms with Crippen LogP contribution >= 0.6 is 23.1 Å². The Bertz CT molecular complexity index is 1450. The summed E-state index contributed by atoms with van der Waals surface area (Å²) in [6.07, 6.45) is 6.90. The second-order valence-electron chi connectivity index (χ2n) is 9.10. The topological polar surface area (TPSA) is 134 Å². The molecule has 218 valence electrons. The highest BCUT2D eigenvalue weighted by Crippen LogP contribution is 2.38. The molecule has 2 amide bonds. The number of hydrogen-bond acceptors (Lipinski definition) is 10. The summed E-state index contributed by atoms with van der Waals surface area (Å²) in [4.78, 5) is 39.0. The molecule has 2 aromatic heterocycles. The van der Waals surface area contributed by atoms with Gasteiger partial charge in [0, 0.05) is 18.0 Å². The molecule has 0 fully saturated rings. The number of carbonyl (C=O) groups is 3. The largest absolute Gasteiger partial charge is 0.493 e. The average molecular weight is 600 g/mol. The molecule has 4 rings (SSSR count). The van der Waals surface area contributed by atoms with Gasteiger partial charge in [0.05, 0.1) is 38.7 Å². The first-order valence-corrected chi connectivity index (χ1v) is 14.9. The summed E-state index contributed by atoms with van der Waals surface area (Å²) < 4.78 is 17.5. The quantitative estimate of drug-likeness (QED) is 0.180. The minimum Gasteiger partial charge on any atom is -0.493 e. The first kappa shape index (κ1) is 30.1. The van der Waals surface area contributed by atoms with Gasteiger partial charge >= 0.3 is 5.97 Å². The van der Waals surface area contributed by atoms with Gasteiger partial charge in [-0.15, -0.1) is 21.5 Å². The molecule has 1 aromatic carbocycles. The number of thioether (sulfide) groups is 1. The van der Waals surface area contributed by atoms with E-state index < -0.39 is 5.97 Å². The van der Waals surface area contributed by atoms with Gasteiger partial charge in [-0.25, -0.2) is 4.79 Å². The van der Waals surface area contributed by atoms with Crippen LogP contribution in [0, 0.1) is 0 Å². The number of methoxy groups -OCH3 is 2. The highest BCUT2D eigenvalue weighted by atomic mass is 32.2. The Labute approximate surface area is 246 Å². The zero-order valence-corrected chi connectivity index (χ0v) is 25.1. The monoisotopic (exact) mass is 599 g/mol. The lowest BCUT2D eigenvalue weighted by atomic mass is 9.95. The average Bonchev–Trinajstić information content (AvgIpc) is 3.52. The van der Waals surface area contributed by atoms with Crippen molar-refractivity contribution in [2.45, 2.75) is 44.3 Å². The third-order valence-corrected chi connectivity index (χ3v) is 8.64. The van der Waals surface area contributed by atoms with E-state index in [1.807, 2.05) is 6.07 Å². The van der Waals surface area contributed by atoms with Crippen LogP contribution in [-0.2, 0) is 40.8 Å². The number of hydrogen-bond donors (Lipinski definition) is 2. The van der Waals surface area contributed by atoms with Crippen molar-refractivity contribution in [3.63, 3.8) is 0 Å². The van der Waals surface area contributed by atoms with Crippen LogP contribution in [0.15, 0.2) is 29.4 Å². The standard InChI is InChI=1S/C28H33N5O6S2/c1-5-39-27(36)25-18-8-6-7-9-21(18)41-26(25)30-24(35)16-40-28-32-31-22(33(28)2)15-29-23(34)13-11-17-10-12-19(37-3)20(14-17)38-4/h10-14H,5-9,15-16H2,1-4H3,(H,29,34)(H,30,35)/b13-11+. The van der Waals surface area contributed by atoms with E-state index in [1.54, 1.807) is 51.0 Å². The van der Waals surface area contributed by atoms with E-state index in [1.165, 1.54) is 29.2 Å². The number of anilines is 1. The lowest BCUT2D eigenvalue weighted by Crippen LogP contribution is -2.22. The number of fused-ring (bicyclic) bond motifs is 1. The van der Waals surface area contributed by atoms with Gasteiger partial charge in [0.15, 0.2) is 22.5 Å². The number of carbonyl (C=O) groups excluding carboxylic acids is 3. The molecule has 0 saturated heterocycles. The number of esters is 1. The number of thiophene rings is 1. The molecule has 11 nitrogen and oxygen atoms in total. The third-order valence-electron chi connectivity index (χ3n) is 6.42. The summed E-state index contributed by atoms with van der Waals surface area (Å²) in [5.41, 5.74) is 2.27. The van der Waals surface area contributed by atoms with E-state index in [-0.39, 0.29) is 30.7 Å². The second-order valence-corrected chi connectivity index (χ2v) is 11.1. The van der Waals surface area contributed by atoms with E-state index in [9.17, 15) is 14.4 Å². The zero-order chi connectivity index (χ0) is 29.4. The van der Waals surface area contributed by atoms with Crippen molar-refractivity contribution in [3.05, 3.63) is 51.7 Å². The van der Waals surface area contributed by atoms with Crippen LogP contribution in [0.5, 0.6) is 11.5 Å². The number of nitrogens with one attached hydrogen (secondary N) is 2. The van der Waals surface area contributed by atoms with Crippen LogP contribution in [0.3, 0.4) is 0 Å². The molecule has 13 heteroatoms. The highest BCUT2D eigenvalue weighted by Gasteiger charge is 2.27. The summed E-state index contributed by atoms with van der Waals surface area (Å²) in [5.74, 6) is 0.849. The van der Waals surface area contributed by atoms with Crippen molar-refractivity contribution in [2.75, 3.05) is 31.9 Å². The van der Waals surface area contributed by atoms with Gasteiger partial charge in [-0.2, -0.15) is 0 Å². The number of rotatable bonds is 12. The SMILES string of the molecule is CCOC(=O)c1c(NC(=O)CSc2nnc(CNC(=O)/C=C/c3ccc(OC)c(OC)c3)n2C)sc2c1CCCC2. The van der Waals surface area contributed by atoms with E-state index >= 15 is 0 Å². The van der Waals surface area contributed by atoms with Crippen molar-refractivity contribution in [3.8, 4) is 11.5 Å². The van der Waals surface area contributed by atoms with E-state index in [4.69, 9.17) is 14.2 Å². The third kappa shape index (κ3) is 7.47. The van der Waals surface area contributed by atoms with Crippen LogP contribution in [-0.4, -0.2) is 59.1 Å². The fraction of sp³-hybridized carbons (Fsp3) is 0.393. The minimum atomic E-state index is -0.395. The summed E-state index contributed by atoms with van der Waals surface area (Å²) >= 11 is 2.68. The Morgan fingerprint density at radius 3 is 2.66 bits per heavy atom. The number of aromatic nitrogens is 3. The maximum absolute atomic E-state index is 12.8. The molecular weight excluding hydrogens is 566 g/mol. The summed E-state index contributed by atoms with van der Waals surface area (Å²) in [5, 5.41) is 15.1. The number of aryl methyl sites for hydroxylation is 1. The maximum Gasteiger partial charge on any atom is 0.341 e. The maximum atomic E-state index is 12.8. The predicted octanol–water partition coefficient (Wildman–Crippen LogP) is 4.01. The molecule has 0 aliphatic heterocycles. The van der Waals surface area contributed by atoms with Gasteiger partial charge in [-0.05, 0) is 61.9 Å². The van der Waals surface area contributed by atoms with Gasteiger partial charge in [-0.1, -0.05) is 17.8 Å². The van der Waals surface area contributed by atoms with E-state index in [0.29, 0.717) is 33.0 Å². The Balaban J connectivity index is 1.31. The van der Waals surface area contributed by atoms with Crippen LogP contribution in [0.2, 0.25) is 0 Å². The van der Waals surface area contributed by atoms with Gasteiger partial charge in [-0.3, -0.25) is 9.59 Å². The molecule has 0 saturated carbocycles. The molecule has 1 aliphatic carbocycles. The molecule has 0 spiro atoms. The van der Waals surface area contributed by atoms with Crippen molar-refractivity contribution in [1.82, 2.24) is 20.1 Å². The summed E-state index contributed by atoms with van der Waals surface area (Å²) in [7, 11) is 4.88. The molecule has 0 atom stereocenters. The van der Waals surface area contributed by atoms with E-state index in [2.05, 4.69) is 20.8 Å². The van der Waals surface area contributed by atoms with Gasteiger partial charge in [0.2, 0.25) is 11.8 Å². The van der Waals surface area contributed by atoms with Crippen molar-refractivity contribution < 1.29 is 28.6 Å². The molecule has 41 heavy (non-hydrogen) atoms. The Morgan fingerprint density at radius 1 is 1.12 bits per heavy atom. The fourth-order valence-electron chi connectivity index (χ4n) is 4.34. The lowest BCUT2D eigenvalue weighted by molar-refractivity contribution is -0.116. The van der Waals surface area contributed by atoms with Crippen LogP contribution in [0.1, 0.15) is 52.0 Å². The fourth-order valence-corrected chi connectivity index (χ4v) is 6.37. The normalized spacial score (nSPS) is 12.6. The van der Waals surface area contributed by atoms with Crippen LogP contribution < -0.4 is 20.1 Å². The molecular formula is C28H33N5O6S2. The summed E-state index contributed by atoms with van der Waals surface area (Å²) in [6, 6.07) is 5.36.